The molecular formula is C17H18F2N2. The molecule has 0 radical (unpaired) electrons. The van der Waals surface area contributed by atoms with Crippen LogP contribution in [-0.2, 0) is 0 Å². The van der Waals surface area contributed by atoms with Gasteiger partial charge >= 0.3 is 0 Å². The average Bonchev–Trinajstić information content (AvgIpc) is 2.47. The maximum atomic E-state index is 14.0. The molecule has 1 fully saturated rings. The Hall–Kier alpha value is -1.94. The van der Waals surface area contributed by atoms with Crippen molar-refractivity contribution < 1.29 is 8.78 Å². The number of halogens is 2. The summed E-state index contributed by atoms with van der Waals surface area (Å²) in [5.74, 6) is -0.826. The molecule has 21 heavy (non-hydrogen) atoms. The van der Waals surface area contributed by atoms with E-state index in [1.54, 1.807) is 0 Å². The molecule has 1 aliphatic heterocycles. The van der Waals surface area contributed by atoms with Gasteiger partial charge in [-0.2, -0.15) is 0 Å². The van der Waals surface area contributed by atoms with Gasteiger partial charge in [-0.15, -0.1) is 0 Å². The standard InChI is InChI=1S/C17H18F2N2/c18-14-6-7-17(16(19)9-14)21-10-13(8-15(20)11-21)12-4-2-1-3-5-12/h1-7,9,13,15H,8,10-11,20H2. The highest BCUT2D eigenvalue weighted by Gasteiger charge is 2.27. The molecule has 2 aromatic rings. The summed E-state index contributed by atoms with van der Waals surface area (Å²) in [7, 11) is 0. The van der Waals surface area contributed by atoms with Crippen LogP contribution in [0.25, 0.3) is 0 Å². The van der Waals surface area contributed by atoms with Crippen LogP contribution in [-0.4, -0.2) is 19.1 Å². The maximum Gasteiger partial charge on any atom is 0.149 e. The molecule has 4 heteroatoms. The van der Waals surface area contributed by atoms with Gasteiger partial charge in [0.2, 0.25) is 0 Å². The van der Waals surface area contributed by atoms with Gasteiger partial charge in [0.05, 0.1) is 5.69 Å². The second-order valence-electron chi connectivity index (χ2n) is 5.60. The highest BCUT2D eigenvalue weighted by molar-refractivity contribution is 5.49. The number of nitrogens with two attached hydrogens (primary N) is 1. The van der Waals surface area contributed by atoms with Gasteiger partial charge < -0.3 is 10.6 Å². The van der Waals surface area contributed by atoms with Crippen LogP contribution >= 0.6 is 0 Å². The molecule has 110 valence electrons. The number of anilines is 1. The number of piperidine rings is 1. The average molecular weight is 288 g/mol. The Labute approximate surface area is 123 Å². The summed E-state index contributed by atoms with van der Waals surface area (Å²) in [6.07, 6.45) is 0.878. The zero-order valence-electron chi connectivity index (χ0n) is 11.7. The van der Waals surface area contributed by atoms with Crippen molar-refractivity contribution in [1.82, 2.24) is 0 Å². The lowest BCUT2D eigenvalue weighted by Gasteiger charge is -2.38. The zero-order valence-corrected chi connectivity index (χ0v) is 11.7. The molecular weight excluding hydrogens is 270 g/mol. The van der Waals surface area contributed by atoms with Crippen molar-refractivity contribution in [2.45, 2.75) is 18.4 Å². The van der Waals surface area contributed by atoms with Crippen LogP contribution in [0.5, 0.6) is 0 Å². The van der Waals surface area contributed by atoms with Gasteiger partial charge in [0.25, 0.3) is 0 Å². The van der Waals surface area contributed by atoms with Crippen molar-refractivity contribution in [2.75, 3.05) is 18.0 Å². The lowest BCUT2D eigenvalue weighted by molar-refractivity contribution is 0.448. The smallest absolute Gasteiger partial charge is 0.149 e. The van der Waals surface area contributed by atoms with Gasteiger partial charge in [-0.05, 0) is 24.1 Å². The fourth-order valence-electron chi connectivity index (χ4n) is 3.04. The third kappa shape index (κ3) is 3.05. The van der Waals surface area contributed by atoms with E-state index in [1.807, 2.05) is 23.1 Å². The first-order valence-corrected chi connectivity index (χ1v) is 7.14. The summed E-state index contributed by atoms with van der Waals surface area (Å²) < 4.78 is 27.0. The Morgan fingerprint density at radius 1 is 1.00 bits per heavy atom. The van der Waals surface area contributed by atoms with Crippen molar-refractivity contribution in [3.8, 4) is 0 Å². The number of hydrogen-bond donors (Lipinski definition) is 1. The lowest BCUT2D eigenvalue weighted by atomic mass is 9.88. The first-order valence-electron chi connectivity index (χ1n) is 7.14. The first-order chi connectivity index (χ1) is 10.1. The zero-order chi connectivity index (χ0) is 14.8. The minimum atomic E-state index is -0.558. The van der Waals surface area contributed by atoms with Gasteiger partial charge in [-0.1, -0.05) is 30.3 Å². The Morgan fingerprint density at radius 2 is 1.76 bits per heavy atom. The Bertz CT molecular complexity index is 615. The Morgan fingerprint density at radius 3 is 2.48 bits per heavy atom. The number of nitrogens with zero attached hydrogens (tertiary/aromatic N) is 1. The fourth-order valence-corrected chi connectivity index (χ4v) is 3.04. The van der Waals surface area contributed by atoms with E-state index in [9.17, 15) is 8.78 Å². The first kappa shape index (κ1) is 14.0. The molecule has 1 aliphatic rings. The van der Waals surface area contributed by atoms with Crippen molar-refractivity contribution in [3.63, 3.8) is 0 Å². The third-order valence-corrected chi connectivity index (χ3v) is 4.00. The molecule has 2 N–H and O–H groups in total. The van der Waals surface area contributed by atoms with E-state index >= 15 is 0 Å². The molecule has 1 heterocycles. The van der Waals surface area contributed by atoms with Gasteiger partial charge in [-0.3, -0.25) is 0 Å². The van der Waals surface area contributed by atoms with E-state index in [-0.39, 0.29) is 12.0 Å². The van der Waals surface area contributed by atoms with Gasteiger partial charge in [0.15, 0.2) is 0 Å². The van der Waals surface area contributed by atoms with Crippen LogP contribution in [0.3, 0.4) is 0 Å². The summed E-state index contributed by atoms with van der Waals surface area (Å²) in [6.45, 7) is 1.28. The van der Waals surface area contributed by atoms with E-state index < -0.39 is 11.6 Å². The number of hydrogen-bond acceptors (Lipinski definition) is 2. The second-order valence-corrected chi connectivity index (χ2v) is 5.60. The highest BCUT2D eigenvalue weighted by Crippen LogP contribution is 2.30. The predicted octanol–water partition coefficient (Wildman–Crippen LogP) is 3.29. The van der Waals surface area contributed by atoms with E-state index in [0.29, 0.717) is 18.8 Å². The SMILES string of the molecule is NC1CC(c2ccccc2)CN(c2ccc(F)cc2F)C1. The summed E-state index contributed by atoms with van der Waals surface area (Å²) in [4.78, 5) is 1.92. The second kappa shape index (κ2) is 5.82. The lowest BCUT2D eigenvalue weighted by Crippen LogP contribution is -2.46. The quantitative estimate of drug-likeness (QED) is 0.919. The third-order valence-electron chi connectivity index (χ3n) is 4.00. The van der Waals surface area contributed by atoms with E-state index in [4.69, 9.17) is 5.73 Å². The van der Waals surface area contributed by atoms with Gasteiger partial charge in [0, 0.05) is 31.1 Å². The summed E-state index contributed by atoms with van der Waals surface area (Å²) >= 11 is 0. The molecule has 3 rings (SSSR count). The molecule has 2 nitrogen and oxygen atoms in total. The van der Waals surface area contributed by atoms with Crippen LogP contribution in [0, 0.1) is 11.6 Å². The molecule has 0 aromatic heterocycles. The molecule has 1 saturated heterocycles. The topological polar surface area (TPSA) is 29.3 Å². The number of rotatable bonds is 2. The van der Waals surface area contributed by atoms with Crippen LogP contribution in [0.4, 0.5) is 14.5 Å². The summed E-state index contributed by atoms with van der Waals surface area (Å²) in [6, 6.07) is 13.8. The molecule has 0 amide bonds. The number of benzene rings is 2. The normalized spacial score (nSPS) is 22.3. The van der Waals surface area contributed by atoms with Crippen LogP contribution < -0.4 is 10.6 Å². The van der Waals surface area contributed by atoms with Gasteiger partial charge in [0.1, 0.15) is 11.6 Å². The molecule has 2 atom stereocenters. The Kier molecular flexibility index (Phi) is 3.88. The van der Waals surface area contributed by atoms with Crippen molar-refractivity contribution in [3.05, 3.63) is 65.7 Å². The molecule has 0 saturated carbocycles. The molecule has 0 spiro atoms. The highest BCUT2D eigenvalue weighted by atomic mass is 19.1. The largest absolute Gasteiger partial charge is 0.367 e. The molecule has 2 unspecified atom stereocenters. The van der Waals surface area contributed by atoms with Crippen molar-refractivity contribution >= 4 is 5.69 Å². The molecule has 0 aliphatic carbocycles. The van der Waals surface area contributed by atoms with Crippen LogP contribution in [0.2, 0.25) is 0 Å². The molecule has 0 bridgehead atoms. The monoisotopic (exact) mass is 288 g/mol. The summed E-state index contributed by atoms with van der Waals surface area (Å²) in [5, 5.41) is 0. The fraction of sp³-hybridized carbons (Fsp3) is 0.294. The van der Waals surface area contributed by atoms with Crippen molar-refractivity contribution in [2.24, 2.45) is 5.73 Å². The van der Waals surface area contributed by atoms with E-state index in [1.165, 1.54) is 17.7 Å². The van der Waals surface area contributed by atoms with E-state index in [0.717, 1.165) is 12.5 Å². The Balaban J connectivity index is 1.86. The van der Waals surface area contributed by atoms with Crippen LogP contribution in [0.1, 0.15) is 17.9 Å². The van der Waals surface area contributed by atoms with Gasteiger partial charge in [-0.25, -0.2) is 8.78 Å². The van der Waals surface area contributed by atoms with E-state index in [2.05, 4.69) is 12.1 Å². The van der Waals surface area contributed by atoms with Crippen LogP contribution in [0.15, 0.2) is 48.5 Å². The minimum Gasteiger partial charge on any atom is -0.367 e. The summed E-state index contributed by atoms with van der Waals surface area (Å²) in [5.41, 5.74) is 7.76. The minimum absolute atomic E-state index is 0.0200. The predicted molar refractivity (Wildman–Crippen MR) is 80.3 cm³/mol. The maximum absolute atomic E-state index is 14.0. The molecule has 2 aromatic carbocycles. The van der Waals surface area contributed by atoms with Crippen molar-refractivity contribution in [1.29, 1.82) is 0 Å².